The third-order valence-corrected chi connectivity index (χ3v) is 3.94. The fourth-order valence-corrected chi connectivity index (χ4v) is 2.77. The molecule has 1 aliphatic heterocycles. The molecule has 1 fully saturated rings. The van der Waals surface area contributed by atoms with Crippen molar-refractivity contribution in [3.8, 4) is 0 Å². The second-order valence-electron chi connectivity index (χ2n) is 5.14. The Bertz CT molecular complexity index is 581. The van der Waals surface area contributed by atoms with E-state index in [1.54, 1.807) is 0 Å². The third kappa shape index (κ3) is 3.05. The lowest BCUT2D eigenvalue weighted by Crippen LogP contribution is -2.17. The number of nitrogens with zero attached hydrogens (tertiary/aromatic N) is 1. The van der Waals surface area contributed by atoms with Crippen LogP contribution in [0.25, 0.3) is 11.8 Å². The molecule has 2 aromatic carbocycles. The van der Waals surface area contributed by atoms with Gasteiger partial charge in [-0.1, -0.05) is 54.1 Å². The van der Waals surface area contributed by atoms with Crippen molar-refractivity contribution in [1.82, 2.24) is 4.90 Å². The zero-order valence-corrected chi connectivity index (χ0v) is 12.2. The Morgan fingerprint density at radius 3 is 2.20 bits per heavy atom. The summed E-state index contributed by atoms with van der Waals surface area (Å²) in [6.45, 7) is 2.29. The van der Waals surface area contributed by atoms with Gasteiger partial charge in [-0.05, 0) is 42.2 Å². The monoisotopic (exact) mass is 283 g/mol. The minimum absolute atomic E-state index is 0.782. The van der Waals surface area contributed by atoms with Crippen LogP contribution in [0.15, 0.2) is 54.6 Å². The third-order valence-electron chi connectivity index (χ3n) is 3.69. The molecule has 1 nitrogen and oxygen atoms in total. The van der Waals surface area contributed by atoms with E-state index in [1.165, 1.54) is 29.7 Å². The summed E-state index contributed by atoms with van der Waals surface area (Å²) in [6, 6.07) is 18.7. The van der Waals surface area contributed by atoms with Gasteiger partial charge < -0.3 is 4.90 Å². The predicted molar refractivity (Wildman–Crippen MR) is 86.6 cm³/mol. The van der Waals surface area contributed by atoms with Crippen LogP contribution in [0.3, 0.4) is 0 Å². The molecule has 0 N–H and O–H groups in total. The molecule has 20 heavy (non-hydrogen) atoms. The van der Waals surface area contributed by atoms with E-state index in [0.29, 0.717) is 0 Å². The van der Waals surface area contributed by atoms with Crippen LogP contribution in [0, 0.1) is 0 Å². The molecule has 0 amide bonds. The van der Waals surface area contributed by atoms with Crippen molar-refractivity contribution in [1.29, 1.82) is 0 Å². The highest BCUT2D eigenvalue weighted by atomic mass is 35.5. The Kier molecular flexibility index (Phi) is 4.08. The number of rotatable bonds is 3. The van der Waals surface area contributed by atoms with Crippen molar-refractivity contribution < 1.29 is 0 Å². The summed E-state index contributed by atoms with van der Waals surface area (Å²) < 4.78 is 0. The van der Waals surface area contributed by atoms with Gasteiger partial charge in [0.15, 0.2) is 0 Å². The van der Waals surface area contributed by atoms with Crippen LogP contribution in [-0.4, -0.2) is 18.0 Å². The number of hydrogen-bond acceptors (Lipinski definition) is 1. The van der Waals surface area contributed by atoms with Gasteiger partial charge in [-0.25, -0.2) is 0 Å². The topological polar surface area (TPSA) is 3.24 Å². The van der Waals surface area contributed by atoms with Gasteiger partial charge in [-0.15, -0.1) is 0 Å². The average molecular weight is 284 g/mol. The van der Waals surface area contributed by atoms with E-state index in [1.807, 2.05) is 12.1 Å². The van der Waals surface area contributed by atoms with Gasteiger partial charge in [0.25, 0.3) is 0 Å². The van der Waals surface area contributed by atoms with Crippen molar-refractivity contribution in [2.45, 2.75) is 12.8 Å². The maximum Gasteiger partial charge on any atom is 0.0445 e. The first kappa shape index (κ1) is 13.3. The van der Waals surface area contributed by atoms with Gasteiger partial charge in [-0.3, -0.25) is 0 Å². The summed E-state index contributed by atoms with van der Waals surface area (Å²) in [6.07, 6.45) is 4.83. The van der Waals surface area contributed by atoms with E-state index in [4.69, 9.17) is 11.6 Å². The van der Waals surface area contributed by atoms with Gasteiger partial charge in [0.05, 0.1) is 0 Å². The second-order valence-corrected chi connectivity index (χ2v) is 5.58. The van der Waals surface area contributed by atoms with Gasteiger partial charge in [0.1, 0.15) is 0 Å². The maximum atomic E-state index is 5.96. The summed E-state index contributed by atoms with van der Waals surface area (Å²) in [5.41, 5.74) is 3.79. The van der Waals surface area contributed by atoms with Crippen molar-refractivity contribution in [2.75, 3.05) is 13.1 Å². The highest BCUT2D eigenvalue weighted by Crippen LogP contribution is 2.26. The van der Waals surface area contributed by atoms with Gasteiger partial charge in [-0.2, -0.15) is 0 Å². The summed E-state index contributed by atoms with van der Waals surface area (Å²) in [5.74, 6) is 0. The molecule has 0 saturated carbocycles. The molecule has 1 aliphatic rings. The van der Waals surface area contributed by atoms with Crippen molar-refractivity contribution in [2.24, 2.45) is 0 Å². The summed E-state index contributed by atoms with van der Waals surface area (Å²) in [5, 5.41) is 0.782. The molecule has 0 radical (unpaired) electrons. The highest BCUT2D eigenvalue weighted by molar-refractivity contribution is 6.30. The standard InChI is InChI=1S/C18H18ClN/c19-17-10-8-15(9-11-17)14-18(20-12-4-5-13-20)16-6-2-1-3-7-16/h1-3,6-11,14H,4-5,12-13H2/b18-14+. The van der Waals surface area contributed by atoms with Gasteiger partial charge >= 0.3 is 0 Å². The van der Waals surface area contributed by atoms with Crippen LogP contribution in [0.5, 0.6) is 0 Å². The predicted octanol–water partition coefficient (Wildman–Crippen LogP) is 4.93. The van der Waals surface area contributed by atoms with E-state index in [2.05, 4.69) is 53.4 Å². The zero-order chi connectivity index (χ0) is 13.8. The average Bonchev–Trinajstić information content (AvgIpc) is 3.01. The minimum atomic E-state index is 0.782. The molecule has 0 aliphatic carbocycles. The first-order valence-electron chi connectivity index (χ1n) is 7.10. The van der Waals surface area contributed by atoms with Gasteiger partial charge in [0.2, 0.25) is 0 Å². The second kappa shape index (κ2) is 6.15. The maximum absolute atomic E-state index is 5.96. The van der Waals surface area contributed by atoms with Crippen molar-refractivity contribution >= 4 is 23.4 Å². The van der Waals surface area contributed by atoms with E-state index < -0.39 is 0 Å². The largest absolute Gasteiger partial charge is 0.371 e. The molecule has 0 atom stereocenters. The minimum Gasteiger partial charge on any atom is -0.371 e. The quantitative estimate of drug-likeness (QED) is 0.722. The number of likely N-dealkylation sites (tertiary alicyclic amines) is 1. The molecule has 0 aromatic heterocycles. The van der Waals surface area contributed by atoms with Crippen LogP contribution in [0.2, 0.25) is 5.02 Å². The van der Waals surface area contributed by atoms with E-state index >= 15 is 0 Å². The molecule has 2 heteroatoms. The molecular formula is C18H18ClN. The molecule has 0 spiro atoms. The van der Waals surface area contributed by atoms with Crippen LogP contribution < -0.4 is 0 Å². The smallest absolute Gasteiger partial charge is 0.0445 e. The Morgan fingerprint density at radius 1 is 0.900 bits per heavy atom. The van der Waals surface area contributed by atoms with E-state index in [0.717, 1.165) is 18.1 Å². The molecule has 2 aromatic rings. The Balaban J connectivity index is 1.98. The molecule has 0 bridgehead atoms. The number of hydrogen-bond donors (Lipinski definition) is 0. The first-order valence-corrected chi connectivity index (χ1v) is 7.48. The molecule has 3 rings (SSSR count). The summed E-state index contributed by atoms with van der Waals surface area (Å²) in [7, 11) is 0. The molecule has 1 heterocycles. The lowest BCUT2D eigenvalue weighted by atomic mass is 10.1. The SMILES string of the molecule is Clc1ccc(/C=C(\c2ccccc2)N2CCCC2)cc1. The summed E-state index contributed by atoms with van der Waals surface area (Å²) >= 11 is 5.96. The lowest BCUT2D eigenvalue weighted by molar-refractivity contribution is 0.495. The summed E-state index contributed by atoms with van der Waals surface area (Å²) in [4.78, 5) is 2.48. The zero-order valence-electron chi connectivity index (χ0n) is 11.4. The molecule has 0 unspecified atom stereocenters. The van der Waals surface area contributed by atoms with E-state index in [9.17, 15) is 0 Å². The lowest BCUT2D eigenvalue weighted by Gasteiger charge is -2.22. The number of benzene rings is 2. The van der Waals surface area contributed by atoms with Crippen LogP contribution in [-0.2, 0) is 0 Å². The number of halogens is 1. The normalized spacial score (nSPS) is 15.7. The van der Waals surface area contributed by atoms with Gasteiger partial charge in [0, 0.05) is 23.8 Å². The molecular weight excluding hydrogens is 266 g/mol. The van der Waals surface area contributed by atoms with Crippen LogP contribution in [0.1, 0.15) is 24.0 Å². The van der Waals surface area contributed by atoms with Crippen LogP contribution >= 0.6 is 11.6 Å². The molecule has 102 valence electrons. The molecule has 1 saturated heterocycles. The Hall–Kier alpha value is -1.73. The van der Waals surface area contributed by atoms with E-state index in [-0.39, 0.29) is 0 Å². The highest BCUT2D eigenvalue weighted by Gasteiger charge is 2.16. The first-order chi connectivity index (χ1) is 9.83. The Morgan fingerprint density at radius 2 is 1.55 bits per heavy atom. The van der Waals surface area contributed by atoms with Crippen molar-refractivity contribution in [3.05, 3.63) is 70.7 Å². The van der Waals surface area contributed by atoms with Crippen LogP contribution in [0.4, 0.5) is 0 Å². The van der Waals surface area contributed by atoms with Crippen molar-refractivity contribution in [3.63, 3.8) is 0 Å². The Labute approximate surface area is 125 Å². The fraction of sp³-hybridized carbons (Fsp3) is 0.222. The fourth-order valence-electron chi connectivity index (χ4n) is 2.64.